The number of rotatable bonds is 6. The van der Waals surface area contributed by atoms with Crippen LogP contribution >= 0.6 is 22.9 Å². The van der Waals surface area contributed by atoms with Crippen molar-refractivity contribution in [2.75, 3.05) is 11.4 Å². The fourth-order valence-corrected chi connectivity index (χ4v) is 4.94. The SMILES string of the molecule is CC(N)c1ccc(N2CCC(NS(=O)(=O)/C=C/c3ccc(Cl)s3)C2=O)c(F)c1.O=CO. The summed E-state index contributed by atoms with van der Waals surface area (Å²) in [5.41, 5.74) is 6.47. The van der Waals surface area contributed by atoms with E-state index in [-0.39, 0.29) is 31.2 Å². The largest absolute Gasteiger partial charge is 0.483 e. The summed E-state index contributed by atoms with van der Waals surface area (Å²) in [7, 11) is -3.85. The number of carbonyl (C=O) groups is 2. The second-order valence-electron chi connectivity index (χ2n) is 6.54. The molecule has 31 heavy (non-hydrogen) atoms. The van der Waals surface area contributed by atoms with Gasteiger partial charge < -0.3 is 15.7 Å². The number of carboxylic acid groups (broad SMARTS) is 1. The molecule has 0 radical (unpaired) electrons. The zero-order chi connectivity index (χ0) is 23.2. The summed E-state index contributed by atoms with van der Waals surface area (Å²) in [6.45, 7) is 1.70. The van der Waals surface area contributed by atoms with Gasteiger partial charge in [-0.05, 0) is 49.2 Å². The monoisotopic (exact) mass is 489 g/mol. The van der Waals surface area contributed by atoms with Crippen LogP contribution in [0.2, 0.25) is 4.34 Å². The number of nitrogens with two attached hydrogens (primary N) is 1. The second-order valence-corrected chi connectivity index (χ2v) is 9.89. The molecule has 1 fully saturated rings. The van der Waals surface area contributed by atoms with E-state index in [4.69, 9.17) is 27.2 Å². The van der Waals surface area contributed by atoms with Gasteiger partial charge in [-0.3, -0.25) is 9.59 Å². The summed E-state index contributed by atoms with van der Waals surface area (Å²) < 4.78 is 41.8. The normalized spacial score (nSPS) is 17.5. The number of sulfonamides is 1. The molecule has 1 amide bonds. The quantitative estimate of drug-likeness (QED) is 0.535. The maximum atomic E-state index is 14.4. The van der Waals surface area contributed by atoms with Gasteiger partial charge in [0.25, 0.3) is 6.47 Å². The predicted molar refractivity (Wildman–Crippen MR) is 119 cm³/mol. The van der Waals surface area contributed by atoms with E-state index < -0.39 is 27.8 Å². The molecule has 2 heterocycles. The highest BCUT2D eigenvalue weighted by atomic mass is 35.5. The van der Waals surface area contributed by atoms with E-state index >= 15 is 0 Å². The fraction of sp³-hybridized carbons (Fsp3) is 0.263. The molecule has 2 aromatic rings. The van der Waals surface area contributed by atoms with Crippen LogP contribution in [0.15, 0.2) is 35.7 Å². The molecule has 0 aliphatic carbocycles. The number of benzene rings is 1. The van der Waals surface area contributed by atoms with Gasteiger partial charge in [0.15, 0.2) is 0 Å². The molecule has 1 saturated heterocycles. The lowest BCUT2D eigenvalue weighted by molar-refractivity contribution is -0.123. The number of nitrogens with one attached hydrogen (secondary N) is 1. The minimum absolute atomic E-state index is 0.111. The zero-order valence-corrected chi connectivity index (χ0v) is 18.8. The number of thiophene rings is 1. The molecular formula is C19H21ClFN3O5S2. The maximum absolute atomic E-state index is 14.4. The Labute approximate surface area is 188 Å². The van der Waals surface area contributed by atoms with E-state index in [1.807, 2.05) is 0 Å². The van der Waals surface area contributed by atoms with Gasteiger partial charge in [-0.2, -0.15) is 4.72 Å². The average molecular weight is 490 g/mol. The van der Waals surface area contributed by atoms with Gasteiger partial charge in [0.1, 0.15) is 11.9 Å². The van der Waals surface area contributed by atoms with Crippen LogP contribution in [0, 0.1) is 5.82 Å². The molecule has 1 aromatic heterocycles. The van der Waals surface area contributed by atoms with Crippen LogP contribution < -0.4 is 15.4 Å². The Balaban J connectivity index is 0.00000107. The van der Waals surface area contributed by atoms with Gasteiger partial charge in [-0.15, -0.1) is 11.3 Å². The van der Waals surface area contributed by atoms with Crippen molar-refractivity contribution in [1.82, 2.24) is 4.72 Å². The minimum Gasteiger partial charge on any atom is -0.483 e. The van der Waals surface area contributed by atoms with Gasteiger partial charge in [-0.25, -0.2) is 12.8 Å². The van der Waals surface area contributed by atoms with Crippen LogP contribution in [0.25, 0.3) is 6.08 Å². The van der Waals surface area contributed by atoms with Crippen molar-refractivity contribution in [2.24, 2.45) is 5.73 Å². The molecule has 4 N–H and O–H groups in total. The molecule has 168 valence electrons. The molecule has 1 aliphatic heterocycles. The van der Waals surface area contributed by atoms with Crippen molar-refractivity contribution < 1.29 is 27.5 Å². The van der Waals surface area contributed by atoms with Gasteiger partial charge in [-0.1, -0.05) is 17.7 Å². The predicted octanol–water partition coefficient (Wildman–Crippen LogP) is 2.96. The van der Waals surface area contributed by atoms with Crippen molar-refractivity contribution >= 4 is 57.1 Å². The number of halogens is 2. The summed E-state index contributed by atoms with van der Waals surface area (Å²) in [6.07, 6.45) is 1.65. The maximum Gasteiger partial charge on any atom is 0.290 e. The van der Waals surface area contributed by atoms with E-state index in [2.05, 4.69) is 4.72 Å². The van der Waals surface area contributed by atoms with Gasteiger partial charge >= 0.3 is 0 Å². The highest BCUT2D eigenvalue weighted by Crippen LogP contribution is 2.27. The summed E-state index contributed by atoms with van der Waals surface area (Å²) in [5, 5.41) is 7.88. The first-order chi connectivity index (χ1) is 14.6. The molecular weight excluding hydrogens is 469 g/mol. The molecule has 1 aromatic carbocycles. The van der Waals surface area contributed by atoms with Gasteiger partial charge in [0, 0.05) is 22.9 Å². The van der Waals surface area contributed by atoms with Crippen molar-refractivity contribution in [3.8, 4) is 0 Å². The fourth-order valence-electron chi connectivity index (χ4n) is 2.87. The third kappa shape index (κ3) is 6.84. The number of anilines is 1. The van der Waals surface area contributed by atoms with Gasteiger partial charge in [0.2, 0.25) is 15.9 Å². The van der Waals surface area contributed by atoms with Crippen molar-refractivity contribution in [2.45, 2.75) is 25.4 Å². The highest BCUT2D eigenvalue weighted by Gasteiger charge is 2.35. The average Bonchev–Trinajstić information content (AvgIpc) is 3.26. The Kier molecular flexibility index (Phi) is 8.71. The van der Waals surface area contributed by atoms with Gasteiger partial charge in [0.05, 0.1) is 10.0 Å². The second kappa shape index (κ2) is 10.8. The standard InChI is InChI=1S/C18H19ClFN3O3S2.CH2O2/c1-11(21)12-2-4-16(14(20)10-12)23-8-6-15(18(23)24)22-28(25,26)9-7-13-3-5-17(19)27-13;2-1-3/h2-5,7,9-11,15,22H,6,8,21H2,1H3;1H,(H,2,3)/b9-7+;. The molecule has 2 unspecified atom stereocenters. The number of carbonyl (C=O) groups excluding carboxylic acids is 1. The molecule has 8 nitrogen and oxygen atoms in total. The molecule has 1 aliphatic rings. The van der Waals surface area contributed by atoms with Crippen LogP contribution in [0.1, 0.15) is 29.8 Å². The van der Waals surface area contributed by atoms with E-state index in [1.165, 1.54) is 34.4 Å². The number of hydrogen-bond donors (Lipinski definition) is 3. The van der Waals surface area contributed by atoms with E-state index in [9.17, 15) is 17.6 Å². The highest BCUT2D eigenvalue weighted by molar-refractivity contribution is 7.92. The molecule has 12 heteroatoms. The van der Waals surface area contributed by atoms with Crippen LogP contribution in [-0.2, 0) is 19.6 Å². The molecule has 3 rings (SSSR count). The van der Waals surface area contributed by atoms with E-state index in [0.717, 1.165) is 5.41 Å². The Bertz CT molecular complexity index is 1070. The Hall–Kier alpha value is -2.31. The molecule has 0 spiro atoms. The Morgan fingerprint density at radius 3 is 2.61 bits per heavy atom. The smallest absolute Gasteiger partial charge is 0.290 e. The summed E-state index contributed by atoms with van der Waals surface area (Å²) in [6, 6.07) is 6.51. The minimum atomic E-state index is -3.85. The third-order valence-electron chi connectivity index (χ3n) is 4.31. The first-order valence-electron chi connectivity index (χ1n) is 8.98. The van der Waals surface area contributed by atoms with Crippen molar-refractivity contribution in [1.29, 1.82) is 0 Å². The summed E-state index contributed by atoms with van der Waals surface area (Å²) in [4.78, 5) is 22.9. The molecule has 0 bridgehead atoms. The number of hydrogen-bond acceptors (Lipinski definition) is 6. The van der Waals surface area contributed by atoms with E-state index in [0.29, 0.717) is 14.8 Å². The lowest BCUT2D eigenvalue weighted by Crippen LogP contribution is -2.40. The van der Waals surface area contributed by atoms with Crippen molar-refractivity contribution in [3.63, 3.8) is 0 Å². The van der Waals surface area contributed by atoms with Crippen LogP contribution in [0.3, 0.4) is 0 Å². The van der Waals surface area contributed by atoms with Crippen LogP contribution in [-0.4, -0.2) is 38.5 Å². The molecule has 0 saturated carbocycles. The topological polar surface area (TPSA) is 130 Å². The zero-order valence-electron chi connectivity index (χ0n) is 16.4. The number of nitrogens with zero attached hydrogens (tertiary/aromatic N) is 1. The Morgan fingerprint density at radius 2 is 2.06 bits per heavy atom. The van der Waals surface area contributed by atoms with Crippen LogP contribution in [0.4, 0.5) is 10.1 Å². The summed E-state index contributed by atoms with van der Waals surface area (Å²) >= 11 is 7.05. The van der Waals surface area contributed by atoms with Crippen molar-refractivity contribution in [3.05, 3.63) is 56.3 Å². The third-order valence-corrected chi connectivity index (χ3v) is 6.61. The molecule has 2 atom stereocenters. The van der Waals surface area contributed by atoms with Crippen LogP contribution in [0.5, 0.6) is 0 Å². The lowest BCUT2D eigenvalue weighted by Gasteiger charge is -2.19. The van der Waals surface area contributed by atoms with E-state index in [1.54, 1.807) is 25.1 Å². The summed E-state index contributed by atoms with van der Waals surface area (Å²) in [5.74, 6) is -1.07. The first kappa shape index (κ1) is 25.0. The Morgan fingerprint density at radius 1 is 1.39 bits per heavy atom. The lowest BCUT2D eigenvalue weighted by atomic mass is 10.1. The number of amides is 1. The first-order valence-corrected chi connectivity index (χ1v) is 11.7.